The predicted octanol–water partition coefficient (Wildman–Crippen LogP) is 0.736. The fourth-order valence-corrected chi connectivity index (χ4v) is 2.07. The number of rotatable bonds is 5. The Labute approximate surface area is 110 Å². The number of nitrogens with zero attached hydrogens (tertiary/aromatic N) is 3. The number of pyridine rings is 1. The van der Waals surface area contributed by atoms with Gasteiger partial charge < -0.3 is 16.2 Å². The molecule has 2 aromatic heterocycles. The van der Waals surface area contributed by atoms with Crippen LogP contribution in [0.25, 0.3) is 11.0 Å². The molecule has 0 aliphatic heterocycles. The van der Waals surface area contributed by atoms with Gasteiger partial charge in [-0.15, -0.1) is 0 Å². The number of carboxylic acids is 1. The molecule has 0 fully saturated rings. The molecule has 0 amide bonds. The minimum Gasteiger partial charge on any atom is -0.478 e. The number of anilines is 1. The van der Waals surface area contributed by atoms with Crippen molar-refractivity contribution in [2.45, 2.75) is 13.3 Å². The van der Waals surface area contributed by atoms with Gasteiger partial charge in [-0.2, -0.15) is 5.10 Å². The van der Waals surface area contributed by atoms with Crippen LogP contribution in [0, 0.1) is 6.92 Å². The number of hydrogen-bond donors (Lipinski definition) is 3. The minimum atomic E-state index is -1.01. The normalized spacial score (nSPS) is 10.9. The second-order valence-corrected chi connectivity index (χ2v) is 4.33. The second-order valence-electron chi connectivity index (χ2n) is 4.33. The van der Waals surface area contributed by atoms with Gasteiger partial charge in [-0.1, -0.05) is 0 Å². The summed E-state index contributed by atoms with van der Waals surface area (Å²) in [5, 5.41) is 17.4. The van der Waals surface area contributed by atoms with Crippen LogP contribution < -0.4 is 11.1 Å². The van der Waals surface area contributed by atoms with E-state index in [9.17, 15) is 9.90 Å². The average molecular weight is 263 g/mol. The number of carbonyl (C=O) groups is 1. The molecule has 2 rings (SSSR count). The van der Waals surface area contributed by atoms with Crippen LogP contribution in [0.2, 0.25) is 0 Å². The van der Waals surface area contributed by atoms with Crippen LogP contribution >= 0.6 is 0 Å². The maximum atomic E-state index is 11.3. The third-order valence-corrected chi connectivity index (χ3v) is 2.94. The minimum absolute atomic E-state index is 0.153. The summed E-state index contributed by atoms with van der Waals surface area (Å²) in [6.07, 6.45) is 2.12. The molecule has 7 heteroatoms. The Morgan fingerprint density at radius 2 is 2.32 bits per heavy atom. The largest absolute Gasteiger partial charge is 0.478 e. The molecule has 0 radical (unpaired) electrons. The van der Waals surface area contributed by atoms with Gasteiger partial charge in [0.25, 0.3) is 0 Å². The zero-order chi connectivity index (χ0) is 14.0. The van der Waals surface area contributed by atoms with E-state index in [0.29, 0.717) is 24.4 Å². The molecule has 7 nitrogen and oxygen atoms in total. The summed E-state index contributed by atoms with van der Waals surface area (Å²) in [7, 11) is 1.78. The summed E-state index contributed by atoms with van der Waals surface area (Å²) in [5.74, 6) is -1.01. The topological polar surface area (TPSA) is 106 Å². The van der Waals surface area contributed by atoms with Crippen molar-refractivity contribution in [1.82, 2.24) is 14.8 Å². The Kier molecular flexibility index (Phi) is 3.66. The molecule has 0 saturated heterocycles. The van der Waals surface area contributed by atoms with Crippen LogP contribution in [0.15, 0.2) is 6.20 Å². The number of nitrogens with two attached hydrogens (primary N) is 1. The monoisotopic (exact) mass is 263 g/mol. The first-order chi connectivity index (χ1) is 9.06. The summed E-state index contributed by atoms with van der Waals surface area (Å²) >= 11 is 0. The fraction of sp³-hybridized carbons (Fsp3) is 0.417. The van der Waals surface area contributed by atoms with Gasteiger partial charge in [0.2, 0.25) is 0 Å². The Morgan fingerprint density at radius 3 is 2.95 bits per heavy atom. The number of carboxylic acid groups (broad SMARTS) is 1. The lowest BCUT2D eigenvalue weighted by atomic mass is 10.1. The summed E-state index contributed by atoms with van der Waals surface area (Å²) in [6.45, 7) is 3.00. The summed E-state index contributed by atoms with van der Waals surface area (Å²) < 4.78 is 1.64. The molecular formula is C12H17N5O2. The molecule has 2 aromatic rings. The van der Waals surface area contributed by atoms with E-state index in [1.807, 2.05) is 6.92 Å². The van der Waals surface area contributed by atoms with Gasteiger partial charge in [-0.25, -0.2) is 9.78 Å². The maximum Gasteiger partial charge on any atom is 0.339 e. The smallest absolute Gasteiger partial charge is 0.339 e. The van der Waals surface area contributed by atoms with E-state index in [1.54, 1.807) is 11.7 Å². The van der Waals surface area contributed by atoms with Crippen molar-refractivity contribution in [2.75, 3.05) is 18.4 Å². The molecule has 19 heavy (non-hydrogen) atoms. The second kappa shape index (κ2) is 5.23. The quantitative estimate of drug-likeness (QED) is 0.687. The van der Waals surface area contributed by atoms with Crippen LogP contribution in [0.3, 0.4) is 0 Å². The highest BCUT2D eigenvalue weighted by atomic mass is 16.4. The number of nitrogens with one attached hydrogen (secondary N) is 1. The Balaban J connectivity index is 2.58. The van der Waals surface area contributed by atoms with Crippen molar-refractivity contribution >= 4 is 22.7 Å². The standard InChI is InChI=1S/C12H17N5O2/c1-7-9-10(14-5-3-4-13)8(12(18)19)6-15-11(9)17(2)16-7/h6H,3-5,13H2,1-2H3,(H,14,15)(H,18,19). The van der Waals surface area contributed by atoms with Crippen molar-refractivity contribution in [3.63, 3.8) is 0 Å². The number of hydrogen-bond acceptors (Lipinski definition) is 5. The average Bonchev–Trinajstić information content (AvgIpc) is 2.65. The first kappa shape index (κ1) is 13.3. The van der Waals surface area contributed by atoms with Crippen LogP contribution in [0.4, 0.5) is 5.69 Å². The van der Waals surface area contributed by atoms with E-state index in [-0.39, 0.29) is 5.56 Å². The summed E-state index contributed by atoms with van der Waals surface area (Å²) in [4.78, 5) is 15.5. The van der Waals surface area contributed by atoms with E-state index in [2.05, 4.69) is 15.4 Å². The molecule has 4 N–H and O–H groups in total. The van der Waals surface area contributed by atoms with Crippen molar-refractivity contribution in [2.24, 2.45) is 12.8 Å². The zero-order valence-corrected chi connectivity index (χ0v) is 11.0. The first-order valence-electron chi connectivity index (χ1n) is 6.05. The SMILES string of the molecule is Cc1nn(C)c2ncc(C(=O)O)c(NCCCN)c12. The molecule has 0 unspecified atom stereocenters. The van der Waals surface area contributed by atoms with Gasteiger partial charge in [0, 0.05) is 19.8 Å². The maximum absolute atomic E-state index is 11.3. The number of aromatic carboxylic acids is 1. The highest BCUT2D eigenvalue weighted by Crippen LogP contribution is 2.28. The van der Waals surface area contributed by atoms with E-state index < -0.39 is 5.97 Å². The molecule has 0 bridgehead atoms. The number of fused-ring (bicyclic) bond motifs is 1. The lowest BCUT2D eigenvalue weighted by molar-refractivity contribution is 0.0697. The molecule has 0 aromatic carbocycles. The van der Waals surface area contributed by atoms with Gasteiger partial charge in [0.15, 0.2) is 5.65 Å². The number of aryl methyl sites for hydroxylation is 2. The molecule has 0 saturated carbocycles. The van der Waals surface area contributed by atoms with Gasteiger partial charge >= 0.3 is 5.97 Å². The predicted molar refractivity (Wildman–Crippen MR) is 72.4 cm³/mol. The van der Waals surface area contributed by atoms with Gasteiger partial charge in [-0.05, 0) is 19.9 Å². The van der Waals surface area contributed by atoms with Crippen molar-refractivity contribution in [3.05, 3.63) is 17.5 Å². The molecule has 0 atom stereocenters. The van der Waals surface area contributed by atoms with Crippen LogP contribution in [-0.4, -0.2) is 38.9 Å². The van der Waals surface area contributed by atoms with Crippen molar-refractivity contribution < 1.29 is 9.90 Å². The lowest BCUT2D eigenvalue weighted by Crippen LogP contribution is -2.12. The third-order valence-electron chi connectivity index (χ3n) is 2.94. The highest BCUT2D eigenvalue weighted by Gasteiger charge is 2.18. The Hall–Kier alpha value is -2.15. The van der Waals surface area contributed by atoms with Crippen molar-refractivity contribution in [3.8, 4) is 0 Å². The third kappa shape index (κ3) is 2.37. The molecular weight excluding hydrogens is 246 g/mol. The summed E-state index contributed by atoms with van der Waals surface area (Å²) in [5.41, 5.74) is 7.59. The number of aromatic nitrogens is 3. The van der Waals surface area contributed by atoms with E-state index in [4.69, 9.17) is 5.73 Å². The lowest BCUT2D eigenvalue weighted by Gasteiger charge is -2.10. The van der Waals surface area contributed by atoms with Gasteiger partial charge in [0.05, 0.1) is 16.8 Å². The van der Waals surface area contributed by atoms with E-state index in [0.717, 1.165) is 17.5 Å². The zero-order valence-electron chi connectivity index (χ0n) is 11.0. The molecule has 0 spiro atoms. The van der Waals surface area contributed by atoms with Crippen LogP contribution in [0.5, 0.6) is 0 Å². The summed E-state index contributed by atoms with van der Waals surface area (Å²) in [6, 6.07) is 0. The first-order valence-corrected chi connectivity index (χ1v) is 6.05. The van der Waals surface area contributed by atoms with Crippen LogP contribution in [-0.2, 0) is 7.05 Å². The molecule has 102 valence electrons. The Bertz CT molecular complexity index is 620. The van der Waals surface area contributed by atoms with E-state index >= 15 is 0 Å². The van der Waals surface area contributed by atoms with Crippen molar-refractivity contribution in [1.29, 1.82) is 0 Å². The highest BCUT2D eigenvalue weighted by molar-refractivity contribution is 6.04. The molecule has 0 aliphatic rings. The van der Waals surface area contributed by atoms with Crippen LogP contribution in [0.1, 0.15) is 22.5 Å². The Morgan fingerprint density at radius 1 is 1.58 bits per heavy atom. The van der Waals surface area contributed by atoms with Gasteiger partial charge in [0.1, 0.15) is 5.56 Å². The fourth-order valence-electron chi connectivity index (χ4n) is 2.07. The van der Waals surface area contributed by atoms with Gasteiger partial charge in [-0.3, -0.25) is 4.68 Å². The molecule has 2 heterocycles. The molecule has 0 aliphatic carbocycles. The van der Waals surface area contributed by atoms with E-state index in [1.165, 1.54) is 6.20 Å².